The number of nitrogens with zero attached hydrogens (tertiary/aromatic N) is 1. The molecule has 1 amide bonds. The van der Waals surface area contributed by atoms with E-state index in [0.29, 0.717) is 69.8 Å². The fourth-order valence-corrected chi connectivity index (χ4v) is 11.4. The number of aliphatic hydroxyl groups excluding tert-OH is 1. The highest BCUT2D eigenvalue weighted by Gasteiger charge is 2.44. The van der Waals surface area contributed by atoms with Crippen molar-refractivity contribution in [1.29, 1.82) is 0 Å². The van der Waals surface area contributed by atoms with Gasteiger partial charge in [0.15, 0.2) is 18.9 Å². The molecule has 68 heavy (non-hydrogen) atoms. The predicted octanol–water partition coefficient (Wildman–Crippen LogP) is 8.42. The summed E-state index contributed by atoms with van der Waals surface area (Å²) in [5.74, 6) is -4.13. The van der Waals surface area contributed by atoms with Gasteiger partial charge in [0.2, 0.25) is 5.78 Å². The van der Waals surface area contributed by atoms with Crippen molar-refractivity contribution in [3.63, 3.8) is 0 Å². The number of carbonyl (C=O) groups excluding carboxylic acids is 5. The van der Waals surface area contributed by atoms with Crippen LogP contribution in [0.4, 0.5) is 0 Å². The third kappa shape index (κ3) is 16.5. The Labute approximate surface area is 406 Å². The molecular formula is C53H84NO13P. The first-order chi connectivity index (χ1) is 32.1. The maximum atomic E-state index is 14.5. The van der Waals surface area contributed by atoms with Crippen LogP contribution in [0.15, 0.2) is 47.6 Å². The first-order valence-corrected chi connectivity index (χ1v) is 27.6. The Morgan fingerprint density at radius 1 is 0.853 bits per heavy atom. The molecule has 4 aliphatic rings. The lowest BCUT2D eigenvalue weighted by Crippen LogP contribution is -2.55. The summed E-state index contributed by atoms with van der Waals surface area (Å²) in [6.07, 6.45) is 12.2. The molecule has 1 N–H and O–H groups in total. The first kappa shape index (κ1) is 57.5. The van der Waals surface area contributed by atoms with E-state index in [1.165, 1.54) is 12.0 Å². The lowest BCUT2D eigenvalue weighted by molar-refractivity contribution is -0.170. The van der Waals surface area contributed by atoms with E-state index in [0.717, 1.165) is 12.0 Å². The standard InChI is InChI=1S/C53H84NO13P/c1-32-18-14-13-15-19-33(2)44(62-8)30-40-23-21-34(3)50(65-40)49(58)52(59)54-25-17-16-20-41(54)53(60)66-45(36(5)28-39-22-24-43(46(29-39)63-9)67-68(11,12)61)31-42(55)35(4)27-38(7)48(57)51(64-10)47(56)37(6)26-32/h13-15,18-19,27,32,34,36-41,43-46,48,50-51,57H,16-17,20-26,28-31H2,1-12H3/b15-13?,18-14?,33-19?,35-27+/t32-,34-,36-,37-,38?,39?,40+,41?,43-,44+,45+,46-,48?,50?,51+/m1/s1. The van der Waals surface area contributed by atoms with Gasteiger partial charge in [-0.1, -0.05) is 71.1 Å². The van der Waals surface area contributed by atoms with E-state index >= 15 is 0 Å². The quantitative estimate of drug-likeness (QED) is 0.139. The second-order valence-electron chi connectivity index (χ2n) is 20.8. The highest BCUT2D eigenvalue weighted by atomic mass is 31.2. The molecule has 0 radical (unpaired) electrons. The van der Waals surface area contributed by atoms with Crippen molar-refractivity contribution < 1.29 is 61.9 Å². The molecule has 1 saturated carbocycles. The second kappa shape index (κ2) is 26.9. The van der Waals surface area contributed by atoms with Crippen LogP contribution in [0.25, 0.3) is 0 Å². The molecule has 2 bridgehead atoms. The van der Waals surface area contributed by atoms with E-state index in [4.69, 9.17) is 28.2 Å². The zero-order chi connectivity index (χ0) is 50.5. The van der Waals surface area contributed by atoms with Crippen LogP contribution in [-0.4, -0.2) is 135 Å². The van der Waals surface area contributed by atoms with Gasteiger partial charge < -0.3 is 38.2 Å². The number of amides is 1. The van der Waals surface area contributed by atoms with E-state index in [-0.39, 0.29) is 72.6 Å². The van der Waals surface area contributed by atoms with Crippen LogP contribution < -0.4 is 0 Å². The predicted molar refractivity (Wildman–Crippen MR) is 262 cm³/mol. The number of ketones is 3. The Morgan fingerprint density at radius 2 is 1.57 bits per heavy atom. The Hall–Kier alpha value is -3.10. The fraction of sp³-hybridized carbons (Fsp3) is 0.755. The summed E-state index contributed by atoms with van der Waals surface area (Å²) in [5, 5.41) is 11.5. The summed E-state index contributed by atoms with van der Waals surface area (Å²) in [6, 6.07) is -1.03. The van der Waals surface area contributed by atoms with E-state index in [1.54, 1.807) is 47.5 Å². The summed E-state index contributed by atoms with van der Waals surface area (Å²) in [6.45, 7) is 16.4. The van der Waals surface area contributed by atoms with Crippen molar-refractivity contribution in [2.45, 2.75) is 180 Å². The molecule has 0 aromatic rings. The van der Waals surface area contributed by atoms with Crippen LogP contribution in [-0.2, 0) is 56.7 Å². The van der Waals surface area contributed by atoms with E-state index in [1.807, 2.05) is 65.0 Å². The molecule has 1 aliphatic carbocycles. The third-order valence-corrected chi connectivity index (χ3v) is 15.4. The van der Waals surface area contributed by atoms with Gasteiger partial charge in [-0.2, -0.15) is 0 Å². The zero-order valence-electron chi connectivity index (χ0n) is 43.1. The minimum absolute atomic E-state index is 0.0414. The lowest BCUT2D eigenvalue weighted by Gasteiger charge is -2.39. The molecule has 3 aliphatic heterocycles. The minimum Gasteiger partial charge on any atom is -0.460 e. The van der Waals surface area contributed by atoms with Gasteiger partial charge in [0.1, 0.15) is 24.4 Å². The van der Waals surface area contributed by atoms with Gasteiger partial charge in [-0.05, 0) is 113 Å². The van der Waals surface area contributed by atoms with Crippen molar-refractivity contribution in [3.8, 4) is 0 Å². The molecular weight excluding hydrogens is 890 g/mol. The number of ether oxygens (including phenoxy) is 5. The molecule has 2 saturated heterocycles. The second-order valence-corrected chi connectivity index (χ2v) is 23.5. The van der Waals surface area contributed by atoms with Gasteiger partial charge in [0.05, 0.1) is 30.5 Å². The number of allylic oxidation sites excluding steroid dienone is 6. The zero-order valence-corrected chi connectivity index (χ0v) is 44.0. The highest BCUT2D eigenvalue weighted by Crippen LogP contribution is 2.44. The molecule has 5 unspecified atom stereocenters. The number of esters is 1. The van der Waals surface area contributed by atoms with Gasteiger partial charge in [-0.25, -0.2) is 4.79 Å². The number of cyclic esters (lactones) is 1. The van der Waals surface area contributed by atoms with E-state index in [9.17, 15) is 33.6 Å². The minimum atomic E-state index is -2.77. The van der Waals surface area contributed by atoms with Gasteiger partial charge in [-0.3, -0.25) is 23.7 Å². The molecule has 0 spiro atoms. The van der Waals surface area contributed by atoms with Crippen molar-refractivity contribution >= 4 is 36.6 Å². The van der Waals surface area contributed by atoms with Gasteiger partial charge in [-0.15, -0.1) is 0 Å². The number of aliphatic hydroxyl groups is 1. The summed E-state index contributed by atoms with van der Waals surface area (Å²) in [5.41, 5.74) is 1.29. The van der Waals surface area contributed by atoms with Crippen molar-refractivity contribution in [2.24, 2.45) is 35.5 Å². The van der Waals surface area contributed by atoms with Gasteiger partial charge in [0.25, 0.3) is 5.91 Å². The number of Topliss-reactive ketones (excluding diaryl/α,β-unsaturated/α-hetero) is 3. The first-order valence-electron chi connectivity index (χ1n) is 25.1. The number of rotatable bonds is 8. The normalized spacial score (nSPS) is 36.6. The van der Waals surface area contributed by atoms with Crippen LogP contribution in [0.3, 0.4) is 0 Å². The smallest absolute Gasteiger partial charge is 0.329 e. The molecule has 3 fully saturated rings. The summed E-state index contributed by atoms with van der Waals surface area (Å²) >= 11 is 0. The monoisotopic (exact) mass is 974 g/mol. The van der Waals surface area contributed by atoms with Crippen LogP contribution in [0.2, 0.25) is 0 Å². The number of hydrogen-bond acceptors (Lipinski definition) is 13. The van der Waals surface area contributed by atoms with Crippen LogP contribution in [0.1, 0.15) is 126 Å². The maximum absolute atomic E-state index is 14.5. The number of methoxy groups -OCH3 is 3. The number of fused-ring (bicyclic) bond motifs is 3. The highest BCUT2D eigenvalue weighted by molar-refractivity contribution is 7.57. The Morgan fingerprint density at radius 3 is 2.24 bits per heavy atom. The van der Waals surface area contributed by atoms with Gasteiger partial charge >= 0.3 is 5.97 Å². The number of piperidine rings is 1. The summed E-state index contributed by atoms with van der Waals surface area (Å²) in [7, 11) is 1.87. The van der Waals surface area contributed by atoms with Crippen molar-refractivity contribution in [2.75, 3.05) is 41.2 Å². The maximum Gasteiger partial charge on any atom is 0.329 e. The average Bonchev–Trinajstić information content (AvgIpc) is 3.29. The van der Waals surface area contributed by atoms with Crippen LogP contribution >= 0.6 is 7.37 Å². The fourth-order valence-electron chi connectivity index (χ4n) is 10.5. The van der Waals surface area contributed by atoms with Crippen LogP contribution in [0, 0.1) is 35.5 Å². The lowest BCUT2D eigenvalue weighted by atomic mass is 9.78. The molecule has 0 aromatic carbocycles. The molecule has 384 valence electrons. The topological polar surface area (TPSA) is 181 Å². The Kier molecular flexibility index (Phi) is 22.8. The van der Waals surface area contributed by atoms with E-state index < -0.39 is 67.3 Å². The van der Waals surface area contributed by atoms with Gasteiger partial charge in [0, 0.05) is 65.9 Å². The van der Waals surface area contributed by atoms with Crippen LogP contribution in [0.5, 0.6) is 0 Å². The largest absolute Gasteiger partial charge is 0.460 e. The summed E-state index contributed by atoms with van der Waals surface area (Å²) in [4.78, 5) is 72.2. The average molecular weight is 974 g/mol. The molecule has 4 rings (SSSR count). The Bertz CT molecular complexity index is 1890. The molecule has 3 heterocycles. The number of carbonyl (C=O) groups is 5. The van der Waals surface area contributed by atoms with Crippen molar-refractivity contribution in [1.82, 2.24) is 4.90 Å². The molecule has 14 nitrogen and oxygen atoms in total. The molecule has 15 heteroatoms. The molecule has 0 aromatic heterocycles. The Balaban J connectivity index is 1.68. The SMILES string of the molecule is CO[C@H]1C[C@@H]2CC[C@@H](C)C(O2)C(=O)C(=O)N2CCCCC2C(=O)O[C@H]([C@H](C)CC2CC[C@@H](OP(C)(C)=O)[C@H](OC)C2)CC(=O)/C(C)=C/C(C)C(O)[C@@H](OC)C(=O)[C@H](C)C[C@H](C)C=CC=CC=C1C. The summed E-state index contributed by atoms with van der Waals surface area (Å²) < 4.78 is 48.6. The van der Waals surface area contributed by atoms with Crippen molar-refractivity contribution in [3.05, 3.63) is 47.6 Å². The van der Waals surface area contributed by atoms with E-state index in [2.05, 4.69) is 0 Å². The third-order valence-electron chi connectivity index (χ3n) is 14.7. The number of hydrogen-bond donors (Lipinski definition) is 1. The molecule has 15 atom stereocenters.